The van der Waals surface area contributed by atoms with Crippen LogP contribution in [0.4, 0.5) is 5.69 Å². The van der Waals surface area contributed by atoms with Crippen molar-refractivity contribution in [3.8, 4) is 11.5 Å². The number of hydrogen-bond acceptors (Lipinski definition) is 6. The fourth-order valence-corrected chi connectivity index (χ4v) is 3.70. The number of carbonyl (C=O) groups is 2. The molecule has 0 unspecified atom stereocenters. The van der Waals surface area contributed by atoms with Crippen molar-refractivity contribution in [3.63, 3.8) is 0 Å². The number of carbonyl (C=O) groups excluding carboxylic acids is 2. The number of hydrogen-bond donors (Lipinski definition) is 1. The molecule has 0 fully saturated rings. The van der Waals surface area contributed by atoms with Gasteiger partial charge in [-0.3, -0.25) is 14.5 Å². The summed E-state index contributed by atoms with van der Waals surface area (Å²) in [5, 5.41) is 3.18. The molecule has 2 heterocycles. The van der Waals surface area contributed by atoms with Crippen LogP contribution in [0.15, 0.2) is 71.0 Å². The fourth-order valence-electron chi connectivity index (χ4n) is 3.70. The first kappa shape index (κ1) is 23.2. The van der Waals surface area contributed by atoms with Gasteiger partial charge >= 0.3 is 0 Å². The Labute approximate surface area is 199 Å². The molecular weight excluding hydrogens is 432 g/mol. The Morgan fingerprint density at radius 3 is 2.44 bits per heavy atom. The van der Waals surface area contributed by atoms with Crippen LogP contribution in [0.2, 0.25) is 0 Å². The topological polar surface area (TPSA) is 81.0 Å². The third kappa shape index (κ3) is 4.83. The molecule has 0 aliphatic carbocycles. The molecule has 7 nitrogen and oxygen atoms in total. The van der Waals surface area contributed by atoms with Crippen molar-refractivity contribution in [2.75, 3.05) is 19.0 Å². The van der Waals surface area contributed by atoms with Gasteiger partial charge in [-0.25, -0.2) is 0 Å². The Balaban J connectivity index is 1.72. The molecule has 1 aromatic heterocycles. The van der Waals surface area contributed by atoms with Crippen molar-refractivity contribution < 1.29 is 23.5 Å². The second-order valence-corrected chi connectivity index (χ2v) is 8.58. The SMILES string of the molecule is COc1ccc(C)cc1NC1=C(c2ccc(OCC(C)C)cc2)C(=O)N(Cc2ccco2)C1=O. The summed E-state index contributed by atoms with van der Waals surface area (Å²) in [5.41, 5.74) is 2.69. The maximum atomic E-state index is 13.5. The summed E-state index contributed by atoms with van der Waals surface area (Å²) in [4.78, 5) is 28.1. The van der Waals surface area contributed by atoms with Gasteiger partial charge in [0.05, 0.1) is 37.8 Å². The normalized spacial score (nSPS) is 13.7. The zero-order chi connectivity index (χ0) is 24.2. The molecule has 176 valence electrons. The van der Waals surface area contributed by atoms with E-state index in [1.807, 2.05) is 37.3 Å². The quantitative estimate of drug-likeness (QED) is 0.452. The van der Waals surface area contributed by atoms with Crippen LogP contribution in [0.3, 0.4) is 0 Å². The van der Waals surface area contributed by atoms with Crippen LogP contribution in [0.5, 0.6) is 11.5 Å². The molecule has 3 aromatic rings. The molecule has 34 heavy (non-hydrogen) atoms. The number of aryl methyl sites for hydroxylation is 1. The number of imide groups is 1. The third-order valence-electron chi connectivity index (χ3n) is 5.40. The standard InChI is InChI=1S/C27H28N2O5/c1-17(2)16-34-20-10-8-19(9-11-20)24-25(28-22-14-18(3)7-12-23(22)32-4)27(31)29(26(24)30)15-21-6-5-13-33-21/h5-14,17,28H,15-16H2,1-4H3. The van der Waals surface area contributed by atoms with Crippen molar-refractivity contribution in [1.29, 1.82) is 0 Å². The Kier molecular flexibility index (Phi) is 6.72. The molecule has 1 N–H and O–H groups in total. The zero-order valence-electron chi connectivity index (χ0n) is 19.8. The van der Waals surface area contributed by atoms with E-state index in [2.05, 4.69) is 19.2 Å². The van der Waals surface area contributed by atoms with Gasteiger partial charge in [0.1, 0.15) is 23.0 Å². The van der Waals surface area contributed by atoms with Gasteiger partial charge in [-0.05, 0) is 60.4 Å². The molecule has 4 rings (SSSR count). The first-order chi connectivity index (χ1) is 16.4. The number of benzene rings is 2. The van der Waals surface area contributed by atoms with E-state index in [1.54, 1.807) is 31.4 Å². The van der Waals surface area contributed by atoms with Gasteiger partial charge in [0, 0.05) is 0 Å². The molecule has 1 aliphatic rings. The van der Waals surface area contributed by atoms with Gasteiger partial charge in [0.25, 0.3) is 11.8 Å². The predicted octanol–water partition coefficient (Wildman–Crippen LogP) is 5.02. The molecule has 2 aromatic carbocycles. The number of nitrogens with zero attached hydrogens (tertiary/aromatic N) is 1. The van der Waals surface area contributed by atoms with Gasteiger partial charge < -0.3 is 19.2 Å². The highest BCUT2D eigenvalue weighted by Crippen LogP contribution is 2.35. The highest BCUT2D eigenvalue weighted by Gasteiger charge is 2.40. The lowest BCUT2D eigenvalue weighted by Gasteiger charge is -2.15. The Bertz CT molecular complexity index is 1210. The highest BCUT2D eigenvalue weighted by atomic mass is 16.5. The Morgan fingerprint density at radius 2 is 1.79 bits per heavy atom. The molecule has 2 amide bonds. The van der Waals surface area contributed by atoms with E-state index in [9.17, 15) is 9.59 Å². The molecule has 0 saturated heterocycles. The monoisotopic (exact) mass is 460 g/mol. The summed E-state index contributed by atoms with van der Waals surface area (Å²) < 4.78 is 16.6. The Hall–Kier alpha value is -4.00. The lowest BCUT2D eigenvalue weighted by Crippen LogP contribution is -2.31. The molecule has 7 heteroatoms. The summed E-state index contributed by atoms with van der Waals surface area (Å²) in [6.07, 6.45) is 1.52. The summed E-state index contributed by atoms with van der Waals surface area (Å²) in [6.45, 7) is 6.73. The minimum Gasteiger partial charge on any atom is -0.495 e. The van der Waals surface area contributed by atoms with E-state index in [4.69, 9.17) is 13.9 Å². The fraction of sp³-hybridized carbons (Fsp3) is 0.259. The highest BCUT2D eigenvalue weighted by molar-refractivity contribution is 6.36. The zero-order valence-corrected chi connectivity index (χ0v) is 19.8. The molecule has 1 aliphatic heterocycles. The summed E-state index contributed by atoms with van der Waals surface area (Å²) in [7, 11) is 1.56. The van der Waals surface area contributed by atoms with Gasteiger partial charge in [0.2, 0.25) is 0 Å². The van der Waals surface area contributed by atoms with Crippen LogP contribution in [-0.2, 0) is 16.1 Å². The lowest BCUT2D eigenvalue weighted by molar-refractivity contribution is -0.137. The number of rotatable bonds is 9. The molecule has 0 spiro atoms. The number of furan rings is 1. The van der Waals surface area contributed by atoms with E-state index in [1.165, 1.54) is 11.2 Å². The second kappa shape index (κ2) is 9.87. The van der Waals surface area contributed by atoms with E-state index in [0.717, 1.165) is 5.56 Å². The van der Waals surface area contributed by atoms with Crippen LogP contribution in [0.25, 0.3) is 5.57 Å². The van der Waals surface area contributed by atoms with Crippen LogP contribution in [-0.4, -0.2) is 30.4 Å². The number of anilines is 1. The average Bonchev–Trinajstić information content (AvgIpc) is 3.41. The number of methoxy groups -OCH3 is 1. The molecule has 0 saturated carbocycles. The van der Waals surface area contributed by atoms with E-state index in [0.29, 0.717) is 41.0 Å². The number of ether oxygens (including phenoxy) is 2. The predicted molar refractivity (Wildman–Crippen MR) is 129 cm³/mol. The molecule has 0 bridgehead atoms. The molecular formula is C27H28N2O5. The smallest absolute Gasteiger partial charge is 0.278 e. The average molecular weight is 461 g/mol. The van der Waals surface area contributed by atoms with Gasteiger partial charge in [-0.15, -0.1) is 0 Å². The van der Waals surface area contributed by atoms with Crippen LogP contribution in [0, 0.1) is 12.8 Å². The van der Waals surface area contributed by atoms with Gasteiger partial charge in [0.15, 0.2) is 0 Å². The van der Waals surface area contributed by atoms with Crippen molar-refractivity contribution in [2.24, 2.45) is 5.92 Å². The molecule has 0 radical (unpaired) electrons. The summed E-state index contributed by atoms with van der Waals surface area (Å²) in [6, 6.07) is 16.3. The summed E-state index contributed by atoms with van der Waals surface area (Å²) in [5.74, 6) is 1.36. The van der Waals surface area contributed by atoms with Crippen molar-refractivity contribution in [3.05, 3.63) is 83.4 Å². The number of nitrogens with one attached hydrogen (secondary N) is 1. The maximum absolute atomic E-state index is 13.5. The second-order valence-electron chi connectivity index (χ2n) is 8.58. The van der Waals surface area contributed by atoms with Gasteiger partial charge in [-0.2, -0.15) is 0 Å². The lowest BCUT2D eigenvalue weighted by atomic mass is 10.0. The van der Waals surface area contributed by atoms with Crippen molar-refractivity contribution in [1.82, 2.24) is 4.90 Å². The van der Waals surface area contributed by atoms with Crippen molar-refractivity contribution >= 4 is 23.1 Å². The summed E-state index contributed by atoms with van der Waals surface area (Å²) >= 11 is 0. The largest absolute Gasteiger partial charge is 0.495 e. The van der Waals surface area contributed by atoms with E-state index >= 15 is 0 Å². The van der Waals surface area contributed by atoms with Crippen LogP contribution >= 0.6 is 0 Å². The third-order valence-corrected chi connectivity index (χ3v) is 5.40. The van der Waals surface area contributed by atoms with Crippen LogP contribution < -0.4 is 14.8 Å². The number of amides is 2. The minimum absolute atomic E-state index is 0.0415. The van der Waals surface area contributed by atoms with E-state index < -0.39 is 11.8 Å². The van der Waals surface area contributed by atoms with Crippen molar-refractivity contribution in [2.45, 2.75) is 27.3 Å². The molecule has 0 atom stereocenters. The first-order valence-corrected chi connectivity index (χ1v) is 11.1. The van der Waals surface area contributed by atoms with Gasteiger partial charge in [-0.1, -0.05) is 32.0 Å². The first-order valence-electron chi connectivity index (χ1n) is 11.1. The minimum atomic E-state index is -0.430. The maximum Gasteiger partial charge on any atom is 0.278 e. The Morgan fingerprint density at radius 1 is 1.03 bits per heavy atom. The van der Waals surface area contributed by atoms with E-state index in [-0.39, 0.29) is 17.8 Å². The van der Waals surface area contributed by atoms with Crippen LogP contribution in [0.1, 0.15) is 30.7 Å².